The van der Waals surface area contributed by atoms with Crippen LogP contribution in [0.15, 0.2) is 71.2 Å². The van der Waals surface area contributed by atoms with Crippen LogP contribution in [0.25, 0.3) is 0 Å². The summed E-state index contributed by atoms with van der Waals surface area (Å²) in [5, 5.41) is 3.26. The minimum atomic E-state index is -2.63. The maximum atomic E-state index is 6.28. The van der Waals surface area contributed by atoms with Crippen molar-refractivity contribution in [1.82, 2.24) is 0 Å². The summed E-state index contributed by atoms with van der Waals surface area (Å²) in [7, 11) is -3.34. The van der Waals surface area contributed by atoms with Crippen LogP contribution in [0.5, 0.6) is 0 Å². The van der Waals surface area contributed by atoms with Gasteiger partial charge in [0.1, 0.15) is 0 Å². The predicted octanol–water partition coefficient (Wildman–Crippen LogP) is 7.19. The van der Waals surface area contributed by atoms with Crippen molar-refractivity contribution in [2.75, 3.05) is 0 Å². The van der Waals surface area contributed by atoms with Crippen molar-refractivity contribution in [2.45, 2.75) is 102 Å². The van der Waals surface area contributed by atoms with Crippen LogP contribution in [0.3, 0.4) is 0 Å². The van der Waals surface area contributed by atoms with Crippen molar-refractivity contribution < 1.29 is 77.2 Å². The summed E-state index contributed by atoms with van der Waals surface area (Å²) in [5.74, 6) is 0. The number of halogens is 8. The van der Waals surface area contributed by atoms with Gasteiger partial charge in [-0.1, -0.05) is 65.7 Å². The van der Waals surface area contributed by atoms with Crippen LogP contribution in [-0.4, -0.2) is 28.2 Å². The zero-order valence-corrected chi connectivity index (χ0v) is 42.6. The van der Waals surface area contributed by atoms with Crippen LogP contribution in [0.1, 0.15) is 65.2 Å². The second kappa shape index (κ2) is 28.4. The van der Waals surface area contributed by atoms with E-state index in [4.69, 9.17) is 66.5 Å². The van der Waals surface area contributed by atoms with E-state index in [2.05, 4.69) is 101 Å². The summed E-state index contributed by atoms with van der Waals surface area (Å²) in [6.45, 7) is 13.5. The molecule has 0 aromatic heterocycles. The Morgan fingerprint density at radius 2 is 0.913 bits per heavy atom. The molecule has 2 atom stereocenters. The van der Waals surface area contributed by atoms with Crippen LogP contribution >= 0.6 is 66.5 Å². The largest absolute Gasteiger partial charge is 2.00 e. The van der Waals surface area contributed by atoms with Gasteiger partial charge >= 0.3 is 64.4 Å². The van der Waals surface area contributed by atoms with E-state index < -0.39 is 28.2 Å². The smallest absolute Gasteiger partial charge is 1.00 e. The molecule has 4 aliphatic rings. The Hall–Kier alpha value is 2.87. The Morgan fingerprint density at radius 1 is 0.587 bits per heavy atom. The van der Waals surface area contributed by atoms with Crippen molar-refractivity contribution in [3.8, 4) is 0 Å². The van der Waals surface area contributed by atoms with Crippen molar-refractivity contribution in [2.24, 2.45) is 0 Å². The van der Waals surface area contributed by atoms with Gasteiger partial charge in [0, 0.05) is 16.1 Å². The zero-order valence-electron chi connectivity index (χ0n) is 27.6. The first-order valence-corrected chi connectivity index (χ1v) is 31.1. The van der Waals surface area contributed by atoms with Gasteiger partial charge in [-0.15, -0.1) is 92.2 Å². The number of rotatable bonds is 10. The van der Waals surface area contributed by atoms with Gasteiger partial charge in [-0.25, -0.2) is 46.8 Å². The molecule has 0 spiro atoms. The standard InChI is InChI=1S/2C11H18Cl3Si2.2C5H5.2ClH.2Zr/c2*1-4-7-11(16(12,13)14)15(2,3)10-8-5-6-9-10;2*1-2-4-5-3-1;;;;/h2*5,8,11H,4,6-7H2,1-3H3;2*1-3H,4H2;2*1H;;/q4*-1;;;2*+2/p-2. The summed E-state index contributed by atoms with van der Waals surface area (Å²) in [4.78, 5) is 0. The van der Waals surface area contributed by atoms with Gasteiger partial charge in [-0.3, -0.25) is 24.3 Å². The molecule has 2 unspecified atom stereocenters. The maximum absolute atomic E-state index is 6.28. The molecular weight excluding hydrogens is 963 g/mol. The average molecular weight is 1010 g/mol. The van der Waals surface area contributed by atoms with Gasteiger partial charge in [0.05, 0.1) is 0 Å². The Labute approximate surface area is 364 Å². The molecule has 4 rings (SSSR count). The molecule has 0 heterocycles. The van der Waals surface area contributed by atoms with E-state index in [1.165, 1.54) is 10.4 Å². The normalized spacial score (nSPS) is 16.9. The van der Waals surface area contributed by atoms with Crippen molar-refractivity contribution in [3.05, 3.63) is 95.5 Å². The van der Waals surface area contributed by atoms with E-state index in [0.717, 1.165) is 51.4 Å². The topological polar surface area (TPSA) is 0 Å². The first kappa shape index (κ1) is 55.6. The molecular formula is C32H46Cl8Si4Zr2-2. The third-order valence-electron chi connectivity index (χ3n) is 7.64. The van der Waals surface area contributed by atoms with Gasteiger partial charge in [-0.05, 0) is 10.3 Å². The van der Waals surface area contributed by atoms with E-state index in [1.807, 2.05) is 24.3 Å². The molecule has 0 amide bonds. The van der Waals surface area contributed by atoms with Crippen LogP contribution in [0, 0.1) is 24.3 Å². The van der Waals surface area contributed by atoms with Crippen LogP contribution in [-0.2, 0) is 52.4 Å². The molecule has 46 heavy (non-hydrogen) atoms. The zero-order chi connectivity index (χ0) is 31.9. The number of hydrogen-bond acceptors (Lipinski definition) is 0. The monoisotopic (exact) mass is 1000 g/mol. The fourth-order valence-corrected chi connectivity index (χ4v) is 35.6. The van der Waals surface area contributed by atoms with Crippen LogP contribution in [0.2, 0.25) is 36.5 Å². The fraction of sp³-hybridized carbons (Fsp3) is 0.500. The quantitative estimate of drug-likeness (QED) is 0.124. The number of hydrogen-bond donors (Lipinski definition) is 0. The molecule has 0 saturated carbocycles. The van der Waals surface area contributed by atoms with Crippen molar-refractivity contribution in [1.29, 1.82) is 0 Å². The summed E-state index contributed by atoms with van der Waals surface area (Å²) in [5.41, 5.74) is 0. The fourth-order valence-electron chi connectivity index (χ4n) is 5.19. The second-order valence-corrected chi connectivity index (χ2v) is 39.9. The molecule has 0 aliphatic heterocycles. The van der Waals surface area contributed by atoms with Gasteiger partial charge < -0.3 is 24.8 Å². The molecule has 0 saturated heterocycles. The van der Waals surface area contributed by atoms with Crippen LogP contribution in [0.4, 0.5) is 0 Å². The first-order valence-electron chi connectivity index (χ1n) is 14.7. The van der Waals surface area contributed by atoms with E-state index in [-0.39, 0.29) is 77.2 Å². The molecule has 4 aliphatic carbocycles. The number of allylic oxidation sites excluding steroid dienone is 16. The molecule has 0 fully saturated rings. The summed E-state index contributed by atoms with van der Waals surface area (Å²) >= 11 is 37.7. The molecule has 0 radical (unpaired) electrons. The van der Waals surface area contributed by atoms with Crippen LogP contribution < -0.4 is 24.8 Å². The Bertz CT molecular complexity index is 967. The maximum Gasteiger partial charge on any atom is 2.00 e. The minimum absolute atomic E-state index is 0. The van der Waals surface area contributed by atoms with E-state index >= 15 is 0 Å². The third-order valence-corrected chi connectivity index (χ3v) is 32.3. The average Bonchev–Trinajstić information content (AvgIpc) is 3.75. The SMILES string of the molecule is CCCC([Si](Cl)(Cl)Cl)[Si](C)(C)C1=[C-]CC=C1.CCCC([Si](Cl)(Cl)Cl)[Si](C)(C)C1=[C-]CC=C1.[C-]1=CC=CC1.[C-]1=CC=CC1.[Cl-].[Cl-].[Zr+2].[Zr+2]. The molecule has 0 N–H and O–H groups in total. The molecule has 14 heteroatoms. The Kier molecular flexibility index (Phi) is 34.3. The minimum Gasteiger partial charge on any atom is -1.00 e. The molecule has 0 bridgehead atoms. The Morgan fingerprint density at radius 3 is 1.07 bits per heavy atom. The van der Waals surface area contributed by atoms with Crippen molar-refractivity contribution >= 4 is 94.6 Å². The van der Waals surface area contributed by atoms with Gasteiger partial charge in [0.25, 0.3) is 0 Å². The molecule has 0 nitrogen and oxygen atoms in total. The van der Waals surface area contributed by atoms with E-state index in [1.54, 1.807) is 0 Å². The van der Waals surface area contributed by atoms with Gasteiger partial charge in [-0.2, -0.15) is 24.3 Å². The van der Waals surface area contributed by atoms with Crippen molar-refractivity contribution in [3.63, 3.8) is 0 Å². The van der Waals surface area contributed by atoms with Gasteiger partial charge in [0.15, 0.2) is 0 Å². The molecule has 256 valence electrons. The molecule has 0 aromatic carbocycles. The van der Waals surface area contributed by atoms with E-state index in [9.17, 15) is 0 Å². The molecule has 0 aromatic rings. The second-order valence-electron chi connectivity index (χ2n) is 11.6. The first-order chi connectivity index (χ1) is 19.6. The summed E-state index contributed by atoms with van der Waals surface area (Å²) in [6, 6.07) is -5.25. The third kappa shape index (κ3) is 20.8. The predicted molar refractivity (Wildman–Crippen MR) is 203 cm³/mol. The Balaban J connectivity index is -0.000000275. The van der Waals surface area contributed by atoms with E-state index in [0.29, 0.717) is 10.3 Å². The van der Waals surface area contributed by atoms with Gasteiger partial charge in [0.2, 0.25) is 0 Å². The summed E-state index contributed by atoms with van der Waals surface area (Å²) in [6.07, 6.45) is 41.6. The summed E-state index contributed by atoms with van der Waals surface area (Å²) < 4.78 is 0.